The number of aromatic nitrogens is 4. The van der Waals surface area contributed by atoms with Gasteiger partial charge in [0.2, 0.25) is 5.88 Å². The normalized spacial score (nSPS) is 14.2. The zero-order valence-electron chi connectivity index (χ0n) is 23.2. The lowest BCUT2D eigenvalue weighted by Crippen LogP contribution is -2.32. The standard InChI is InChI=1S/C33H26F2N4O2S2/c1-3-33(40,31-39-20-28(43-31)22-6-10-26(35)11-7-22)24-14-17-37-29(18-24)41-32(2,23-12-15-36-16-13-23)30-38-19-27(42-30)21-4-8-25(34)9-5-21/h4-20,40H,3H2,1-2H3. The maximum absolute atomic E-state index is 13.5. The third-order valence-corrected chi connectivity index (χ3v) is 9.74. The first-order chi connectivity index (χ1) is 20.8. The maximum atomic E-state index is 13.5. The van der Waals surface area contributed by atoms with E-state index in [2.05, 4.69) is 15.0 Å². The number of aliphatic hydroxyl groups is 1. The van der Waals surface area contributed by atoms with E-state index in [1.807, 2.05) is 26.0 Å². The van der Waals surface area contributed by atoms with E-state index in [1.54, 1.807) is 67.4 Å². The van der Waals surface area contributed by atoms with Gasteiger partial charge in [-0.3, -0.25) is 4.98 Å². The molecule has 0 aliphatic heterocycles. The predicted octanol–water partition coefficient (Wildman–Crippen LogP) is 7.99. The van der Waals surface area contributed by atoms with Crippen LogP contribution in [-0.4, -0.2) is 25.0 Å². The SMILES string of the molecule is CCC(O)(c1ccnc(OC(C)(c2ccncc2)c2ncc(-c3ccc(F)cc3)s2)c1)c1ncc(-c2ccc(F)cc2)s1. The number of halogens is 2. The van der Waals surface area contributed by atoms with Crippen molar-refractivity contribution in [2.75, 3.05) is 0 Å². The summed E-state index contributed by atoms with van der Waals surface area (Å²) in [6, 6.07) is 19.6. The van der Waals surface area contributed by atoms with E-state index in [1.165, 1.54) is 46.9 Å². The van der Waals surface area contributed by atoms with E-state index in [-0.39, 0.29) is 17.5 Å². The summed E-state index contributed by atoms with van der Waals surface area (Å²) >= 11 is 2.79. The van der Waals surface area contributed by atoms with Gasteiger partial charge in [0.05, 0.1) is 9.75 Å². The number of thiazole rings is 2. The molecule has 43 heavy (non-hydrogen) atoms. The van der Waals surface area contributed by atoms with Gasteiger partial charge in [-0.1, -0.05) is 31.2 Å². The number of benzene rings is 2. The van der Waals surface area contributed by atoms with Crippen molar-refractivity contribution < 1.29 is 18.6 Å². The molecule has 0 saturated heterocycles. The van der Waals surface area contributed by atoms with Gasteiger partial charge in [0.15, 0.2) is 5.60 Å². The Morgan fingerprint density at radius 3 is 1.84 bits per heavy atom. The van der Waals surface area contributed by atoms with Crippen LogP contribution in [0.5, 0.6) is 5.88 Å². The summed E-state index contributed by atoms with van der Waals surface area (Å²) in [5.74, 6) is -0.329. The third-order valence-electron chi connectivity index (χ3n) is 7.29. The zero-order chi connectivity index (χ0) is 30.0. The Bertz CT molecular complexity index is 1850. The molecule has 0 fully saturated rings. The van der Waals surface area contributed by atoms with Gasteiger partial charge in [-0.25, -0.2) is 23.7 Å². The molecular formula is C33H26F2N4O2S2. The van der Waals surface area contributed by atoms with Crippen molar-refractivity contribution in [2.24, 2.45) is 0 Å². The van der Waals surface area contributed by atoms with Crippen molar-refractivity contribution in [3.8, 4) is 26.8 Å². The quantitative estimate of drug-likeness (QED) is 0.178. The lowest BCUT2D eigenvalue weighted by molar-refractivity contribution is 0.0744. The second kappa shape index (κ2) is 11.7. The number of ether oxygens (including phenoxy) is 1. The Labute approximate surface area is 255 Å². The van der Waals surface area contributed by atoms with Crippen LogP contribution in [0.3, 0.4) is 0 Å². The molecule has 2 unspecified atom stereocenters. The molecular weight excluding hydrogens is 587 g/mol. The molecule has 2 aromatic carbocycles. The lowest BCUT2D eigenvalue weighted by Gasteiger charge is -2.30. The molecule has 10 heteroatoms. The minimum absolute atomic E-state index is 0.289. The van der Waals surface area contributed by atoms with E-state index in [9.17, 15) is 13.9 Å². The topological polar surface area (TPSA) is 81.0 Å². The van der Waals surface area contributed by atoms with Crippen LogP contribution < -0.4 is 4.74 Å². The molecule has 0 saturated carbocycles. The van der Waals surface area contributed by atoms with Crippen LogP contribution in [0.1, 0.15) is 41.4 Å². The monoisotopic (exact) mass is 612 g/mol. The van der Waals surface area contributed by atoms with Gasteiger partial charge >= 0.3 is 0 Å². The second-order valence-electron chi connectivity index (χ2n) is 10.0. The van der Waals surface area contributed by atoms with Gasteiger partial charge in [-0.15, -0.1) is 22.7 Å². The van der Waals surface area contributed by atoms with E-state index >= 15 is 0 Å². The van der Waals surface area contributed by atoms with Crippen LogP contribution in [0.2, 0.25) is 0 Å². The molecule has 0 amide bonds. The Morgan fingerprint density at radius 1 is 0.721 bits per heavy atom. The summed E-state index contributed by atoms with van der Waals surface area (Å²) in [6.45, 7) is 3.79. The van der Waals surface area contributed by atoms with Gasteiger partial charge in [0.1, 0.15) is 27.3 Å². The molecule has 4 heterocycles. The molecule has 0 aliphatic carbocycles. The summed E-state index contributed by atoms with van der Waals surface area (Å²) in [5.41, 5.74) is 0.581. The fourth-order valence-electron chi connectivity index (χ4n) is 4.76. The Kier molecular flexibility index (Phi) is 7.83. The molecule has 216 valence electrons. The smallest absolute Gasteiger partial charge is 0.214 e. The number of hydrogen-bond acceptors (Lipinski definition) is 8. The summed E-state index contributed by atoms with van der Waals surface area (Å²) in [5, 5.41) is 13.1. The first kappa shape index (κ1) is 28.7. The summed E-state index contributed by atoms with van der Waals surface area (Å²) in [4.78, 5) is 19.6. The highest BCUT2D eigenvalue weighted by Crippen LogP contribution is 2.42. The minimum atomic E-state index is -1.41. The number of hydrogen-bond donors (Lipinski definition) is 1. The molecule has 6 nitrogen and oxygen atoms in total. The second-order valence-corrected chi connectivity index (χ2v) is 12.1. The Balaban J connectivity index is 1.35. The van der Waals surface area contributed by atoms with Gasteiger partial charge in [-0.2, -0.15) is 0 Å². The Morgan fingerprint density at radius 2 is 1.26 bits per heavy atom. The fourth-order valence-corrected chi connectivity index (χ4v) is 6.89. The van der Waals surface area contributed by atoms with Crippen molar-refractivity contribution in [2.45, 2.75) is 31.5 Å². The maximum Gasteiger partial charge on any atom is 0.214 e. The molecule has 6 aromatic rings. The third kappa shape index (κ3) is 5.69. The summed E-state index contributed by atoms with van der Waals surface area (Å²) in [7, 11) is 0. The van der Waals surface area contributed by atoms with Gasteiger partial charge < -0.3 is 9.84 Å². The van der Waals surface area contributed by atoms with E-state index in [4.69, 9.17) is 9.72 Å². The number of rotatable bonds is 9. The first-order valence-corrected chi connectivity index (χ1v) is 15.1. The van der Waals surface area contributed by atoms with E-state index in [0.29, 0.717) is 22.0 Å². The van der Waals surface area contributed by atoms with Crippen LogP contribution in [0.25, 0.3) is 20.9 Å². The molecule has 0 aliphatic rings. The van der Waals surface area contributed by atoms with Crippen LogP contribution in [0.4, 0.5) is 8.78 Å². The average molecular weight is 613 g/mol. The van der Waals surface area contributed by atoms with Crippen molar-refractivity contribution in [1.82, 2.24) is 19.9 Å². The largest absolute Gasteiger partial charge is 0.459 e. The van der Waals surface area contributed by atoms with Crippen LogP contribution in [0.15, 0.2) is 104 Å². The summed E-state index contributed by atoms with van der Waals surface area (Å²) < 4.78 is 33.6. The van der Waals surface area contributed by atoms with Crippen molar-refractivity contribution in [1.29, 1.82) is 0 Å². The number of pyridine rings is 2. The molecule has 4 aromatic heterocycles. The van der Waals surface area contributed by atoms with Crippen LogP contribution in [-0.2, 0) is 11.2 Å². The highest BCUT2D eigenvalue weighted by Gasteiger charge is 2.37. The van der Waals surface area contributed by atoms with Crippen LogP contribution in [0, 0.1) is 11.6 Å². The van der Waals surface area contributed by atoms with E-state index in [0.717, 1.165) is 26.4 Å². The molecule has 0 spiro atoms. The van der Waals surface area contributed by atoms with Crippen molar-refractivity contribution in [3.05, 3.63) is 137 Å². The van der Waals surface area contributed by atoms with Crippen molar-refractivity contribution >= 4 is 22.7 Å². The van der Waals surface area contributed by atoms with Gasteiger partial charge in [0, 0.05) is 42.6 Å². The van der Waals surface area contributed by atoms with Crippen LogP contribution >= 0.6 is 22.7 Å². The molecule has 6 rings (SSSR count). The van der Waals surface area contributed by atoms with Gasteiger partial charge in [0.25, 0.3) is 0 Å². The Hall–Kier alpha value is -4.38. The highest BCUT2D eigenvalue weighted by atomic mass is 32.1. The van der Waals surface area contributed by atoms with E-state index < -0.39 is 11.2 Å². The zero-order valence-corrected chi connectivity index (χ0v) is 24.9. The summed E-state index contributed by atoms with van der Waals surface area (Å²) in [6.07, 6.45) is 8.75. The molecule has 2 atom stereocenters. The molecule has 0 bridgehead atoms. The molecule has 1 N–H and O–H groups in total. The number of nitrogens with zero attached hydrogens (tertiary/aromatic N) is 4. The first-order valence-electron chi connectivity index (χ1n) is 13.5. The predicted molar refractivity (Wildman–Crippen MR) is 164 cm³/mol. The molecule has 0 radical (unpaired) electrons. The van der Waals surface area contributed by atoms with Gasteiger partial charge in [-0.05, 0) is 72.5 Å². The lowest BCUT2D eigenvalue weighted by atomic mass is 9.92. The average Bonchev–Trinajstić information content (AvgIpc) is 3.74. The minimum Gasteiger partial charge on any atom is -0.459 e. The highest BCUT2D eigenvalue weighted by molar-refractivity contribution is 7.15. The van der Waals surface area contributed by atoms with Crippen molar-refractivity contribution in [3.63, 3.8) is 0 Å². The fraction of sp³-hybridized carbons (Fsp3) is 0.152.